The van der Waals surface area contributed by atoms with Crippen LogP contribution in [0.4, 0.5) is 0 Å². The molecule has 0 aliphatic carbocycles. The Hall–Kier alpha value is -1.38. The van der Waals surface area contributed by atoms with Gasteiger partial charge in [0.1, 0.15) is 5.69 Å². The number of unbranched alkanes of at least 4 members (excludes halogenated alkanes) is 3. The Balaban J connectivity index is 2.63. The molecule has 16 heavy (non-hydrogen) atoms. The molecule has 0 atom stereocenters. The molecule has 0 spiro atoms. The van der Waals surface area contributed by atoms with Crippen LogP contribution in [0, 0.1) is 6.92 Å². The normalized spacial score (nSPS) is 10.4. The van der Waals surface area contributed by atoms with Crippen molar-refractivity contribution in [2.24, 2.45) is 0 Å². The Kier molecular flexibility index (Phi) is 4.96. The van der Waals surface area contributed by atoms with E-state index in [1.165, 1.54) is 19.3 Å². The van der Waals surface area contributed by atoms with Gasteiger partial charge in [-0.15, -0.1) is 0 Å². The molecule has 0 aromatic carbocycles. The summed E-state index contributed by atoms with van der Waals surface area (Å²) in [5.41, 5.74) is 2.16. The summed E-state index contributed by atoms with van der Waals surface area (Å²) in [5, 5.41) is 8.85. The van der Waals surface area contributed by atoms with Crippen molar-refractivity contribution in [1.29, 1.82) is 0 Å². The number of carboxylic acids is 1. The summed E-state index contributed by atoms with van der Waals surface area (Å²) in [4.78, 5) is 14.9. The first-order valence-electron chi connectivity index (χ1n) is 5.85. The molecular weight excluding hydrogens is 202 g/mol. The molecular formula is C13H19NO2. The fourth-order valence-corrected chi connectivity index (χ4v) is 1.66. The van der Waals surface area contributed by atoms with Gasteiger partial charge >= 0.3 is 5.97 Å². The molecule has 3 heteroatoms. The van der Waals surface area contributed by atoms with Crippen LogP contribution in [0.15, 0.2) is 12.1 Å². The highest BCUT2D eigenvalue weighted by Gasteiger charge is 2.07. The third-order valence-corrected chi connectivity index (χ3v) is 2.69. The van der Waals surface area contributed by atoms with E-state index in [1.54, 1.807) is 6.07 Å². The van der Waals surface area contributed by atoms with E-state index in [0.717, 1.165) is 24.1 Å². The highest BCUT2D eigenvalue weighted by Crippen LogP contribution is 2.11. The van der Waals surface area contributed by atoms with E-state index >= 15 is 0 Å². The van der Waals surface area contributed by atoms with E-state index in [4.69, 9.17) is 5.11 Å². The molecule has 3 nitrogen and oxygen atoms in total. The second-order valence-corrected chi connectivity index (χ2v) is 4.08. The van der Waals surface area contributed by atoms with Crippen molar-refractivity contribution in [2.75, 3.05) is 0 Å². The first-order valence-corrected chi connectivity index (χ1v) is 5.85. The van der Waals surface area contributed by atoms with Crippen LogP contribution < -0.4 is 0 Å². The minimum Gasteiger partial charge on any atom is -0.477 e. The minimum atomic E-state index is -0.949. The van der Waals surface area contributed by atoms with E-state index in [-0.39, 0.29) is 5.69 Å². The van der Waals surface area contributed by atoms with Crippen molar-refractivity contribution in [3.05, 3.63) is 29.1 Å². The minimum absolute atomic E-state index is 0.149. The highest BCUT2D eigenvalue weighted by atomic mass is 16.4. The summed E-state index contributed by atoms with van der Waals surface area (Å²) in [7, 11) is 0. The molecule has 1 rings (SSSR count). The van der Waals surface area contributed by atoms with Crippen LogP contribution in [-0.2, 0) is 6.42 Å². The summed E-state index contributed by atoms with van der Waals surface area (Å²) < 4.78 is 0. The summed E-state index contributed by atoms with van der Waals surface area (Å²) >= 11 is 0. The van der Waals surface area contributed by atoms with Gasteiger partial charge in [0.25, 0.3) is 0 Å². The van der Waals surface area contributed by atoms with Gasteiger partial charge in [-0.25, -0.2) is 9.78 Å². The van der Waals surface area contributed by atoms with Gasteiger partial charge in [0.2, 0.25) is 0 Å². The second-order valence-electron chi connectivity index (χ2n) is 4.08. The maximum atomic E-state index is 10.8. The standard InChI is InChI=1S/C13H19NO2/c1-3-4-5-6-7-11-10(2)8-9-12(14-11)13(15)16/h8-9H,3-7H2,1-2H3,(H,15,16). The lowest BCUT2D eigenvalue weighted by Gasteiger charge is -2.05. The molecule has 0 aliphatic heterocycles. The number of hydrogen-bond donors (Lipinski definition) is 1. The van der Waals surface area contributed by atoms with Crippen LogP contribution in [0.5, 0.6) is 0 Å². The Bertz CT molecular complexity index is 361. The van der Waals surface area contributed by atoms with Crippen LogP contribution >= 0.6 is 0 Å². The van der Waals surface area contributed by atoms with Crippen molar-refractivity contribution in [1.82, 2.24) is 4.98 Å². The van der Waals surface area contributed by atoms with Crippen LogP contribution in [0.2, 0.25) is 0 Å². The molecule has 0 fully saturated rings. The van der Waals surface area contributed by atoms with Crippen molar-refractivity contribution >= 4 is 5.97 Å². The summed E-state index contributed by atoms with van der Waals surface area (Å²) in [6.45, 7) is 4.16. The zero-order chi connectivity index (χ0) is 12.0. The number of nitrogens with zero attached hydrogens (tertiary/aromatic N) is 1. The third kappa shape index (κ3) is 3.65. The number of aryl methyl sites for hydroxylation is 2. The highest BCUT2D eigenvalue weighted by molar-refractivity contribution is 5.85. The van der Waals surface area contributed by atoms with Crippen LogP contribution in [0.1, 0.15) is 54.4 Å². The average molecular weight is 221 g/mol. The average Bonchev–Trinajstić information content (AvgIpc) is 2.26. The van der Waals surface area contributed by atoms with Crippen LogP contribution in [0.3, 0.4) is 0 Å². The number of carboxylic acid groups (broad SMARTS) is 1. The monoisotopic (exact) mass is 221 g/mol. The smallest absolute Gasteiger partial charge is 0.354 e. The lowest BCUT2D eigenvalue weighted by molar-refractivity contribution is 0.0690. The van der Waals surface area contributed by atoms with Gasteiger partial charge in [-0.3, -0.25) is 0 Å². The molecule has 1 aromatic rings. The SMILES string of the molecule is CCCCCCc1nc(C(=O)O)ccc1C. The van der Waals surface area contributed by atoms with Gasteiger partial charge in [-0.05, 0) is 31.4 Å². The van der Waals surface area contributed by atoms with Crippen molar-refractivity contribution in [2.45, 2.75) is 46.0 Å². The summed E-state index contributed by atoms with van der Waals surface area (Å²) in [6.07, 6.45) is 5.60. The summed E-state index contributed by atoms with van der Waals surface area (Å²) in [6, 6.07) is 3.40. The molecule has 0 amide bonds. The first-order chi connectivity index (χ1) is 7.65. The van der Waals surface area contributed by atoms with E-state index < -0.39 is 5.97 Å². The van der Waals surface area contributed by atoms with Crippen LogP contribution in [-0.4, -0.2) is 16.1 Å². The zero-order valence-corrected chi connectivity index (χ0v) is 9.99. The lowest BCUT2D eigenvalue weighted by Crippen LogP contribution is -2.04. The van der Waals surface area contributed by atoms with Crippen molar-refractivity contribution in [3.8, 4) is 0 Å². The molecule has 88 valence electrons. The molecule has 1 heterocycles. The van der Waals surface area contributed by atoms with Crippen LogP contribution in [0.25, 0.3) is 0 Å². The Morgan fingerprint density at radius 1 is 1.31 bits per heavy atom. The van der Waals surface area contributed by atoms with E-state index in [2.05, 4.69) is 11.9 Å². The zero-order valence-electron chi connectivity index (χ0n) is 9.99. The quantitative estimate of drug-likeness (QED) is 0.750. The molecule has 0 aliphatic rings. The second kappa shape index (κ2) is 6.26. The lowest BCUT2D eigenvalue weighted by atomic mass is 10.1. The van der Waals surface area contributed by atoms with Gasteiger partial charge in [-0.2, -0.15) is 0 Å². The van der Waals surface area contributed by atoms with Gasteiger partial charge in [0, 0.05) is 5.69 Å². The first kappa shape index (κ1) is 12.7. The molecule has 0 bridgehead atoms. The molecule has 0 saturated carbocycles. The maximum Gasteiger partial charge on any atom is 0.354 e. The molecule has 0 saturated heterocycles. The Labute approximate surface area is 96.5 Å². The number of carbonyl (C=O) groups is 1. The van der Waals surface area contributed by atoms with Gasteiger partial charge < -0.3 is 5.11 Å². The number of rotatable bonds is 6. The maximum absolute atomic E-state index is 10.8. The molecule has 1 N–H and O–H groups in total. The van der Waals surface area contributed by atoms with Crippen molar-refractivity contribution in [3.63, 3.8) is 0 Å². The predicted octanol–water partition coefficient (Wildman–Crippen LogP) is 3.21. The van der Waals surface area contributed by atoms with Gasteiger partial charge in [0.05, 0.1) is 0 Å². The van der Waals surface area contributed by atoms with E-state index in [0.29, 0.717) is 0 Å². The predicted molar refractivity (Wildman–Crippen MR) is 63.8 cm³/mol. The van der Waals surface area contributed by atoms with Gasteiger partial charge in [-0.1, -0.05) is 32.3 Å². The Morgan fingerprint density at radius 3 is 2.69 bits per heavy atom. The topological polar surface area (TPSA) is 50.2 Å². The number of aromatic carboxylic acids is 1. The number of aromatic nitrogens is 1. The largest absolute Gasteiger partial charge is 0.477 e. The summed E-state index contributed by atoms with van der Waals surface area (Å²) in [5.74, 6) is -0.949. The van der Waals surface area contributed by atoms with E-state index in [9.17, 15) is 4.79 Å². The number of pyridine rings is 1. The molecule has 1 aromatic heterocycles. The van der Waals surface area contributed by atoms with Crippen molar-refractivity contribution < 1.29 is 9.90 Å². The molecule has 0 unspecified atom stereocenters. The number of hydrogen-bond acceptors (Lipinski definition) is 2. The third-order valence-electron chi connectivity index (χ3n) is 2.69. The molecule has 0 radical (unpaired) electrons. The fourth-order valence-electron chi connectivity index (χ4n) is 1.66. The fraction of sp³-hybridized carbons (Fsp3) is 0.538. The van der Waals surface area contributed by atoms with Gasteiger partial charge in [0.15, 0.2) is 0 Å². The van der Waals surface area contributed by atoms with E-state index in [1.807, 2.05) is 13.0 Å². The Morgan fingerprint density at radius 2 is 2.06 bits per heavy atom.